The Balaban J connectivity index is 2.39. The third kappa shape index (κ3) is 7.83. The molecule has 1 aromatic rings. The van der Waals surface area contributed by atoms with E-state index in [2.05, 4.69) is 33.1 Å². The Morgan fingerprint density at radius 3 is 1.95 bits per heavy atom. The maximum atomic E-state index is 9.30. The minimum atomic E-state index is -1.54. The second-order valence-electron chi connectivity index (χ2n) is 7.25. The average Bonchev–Trinajstić information content (AvgIpc) is 2.37. The van der Waals surface area contributed by atoms with Crippen molar-refractivity contribution in [2.45, 2.75) is 70.9 Å². The molecule has 0 unspecified atom stereocenters. The molecule has 0 aliphatic rings. The first-order valence-electron chi connectivity index (χ1n) is 8.22. The molecule has 0 saturated heterocycles. The number of benzene rings is 1. The van der Waals surface area contributed by atoms with Crippen LogP contribution in [0.25, 0.3) is 0 Å². The van der Waals surface area contributed by atoms with Crippen molar-refractivity contribution < 1.29 is 9.22 Å². The SMILES string of the molecule is CCCC[Si](C)(C)O[Si](C)(C)CCCc1ccc(O)cc1. The normalized spacial score (nSPS) is 12.6. The van der Waals surface area contributed by atoms with Gasteiger partial charge in [0.15, 0.2) is 16.6 Å². The average molecular weight is 325 g/mol. The number of aryl methyl sites for hydroxylation is 1. The van der Waals surface area contributed by atoms with Crippen LogP contribution in [0.2, 0.25) is 38.3 Å². The van der Waals surface area contributed by atoms with Gasteiger partial charge in [-0.15, -0.1) is 0 Å². The predicted octanol–water partition coefficient (Wildman–Crippen LogP) is 5.55. The Morgan fingerprint density at radius 2 is 1.43 bits per heavy atom. The number of aromatic hydroxyl groups is 1. The zero-order valence-corrected chi connectivity index (χ0v) is 16.4. The summed E-state index contributed by atoms with van der Waals surface area (Å²) < 4.78 is 6.62. The summed E-state index contributed by atoms with van der Waals surface area (Å²) >= 11 is 0. The molecule has 0 bridgehead atoms. The van der Waals surface area contributed by atoms with Crippen molar-refractivity contribution in [1.82, 2.24) is 0 Å². The van der Waals surface area contributed by atoms with Gasteiger partial charge in [-0.05, 0) is 68.8 Å². The van der Waals surface area contributed by atoms with Gasteiger partial charge in [-0.3, -0.25) is 0 Å². The van der Waals surface area contributed by atoms with Crippen LogP contribution in [0.4, 0.5) is 0 Å². The van der Waals surface area contributed by atoms with Crippen LogP contribution in [0.5, 0.6) is 5.75 Å². The van der Waals surface area contributed by atoms with Gasteiger partial charge in [0.05, 0.1) is 0 Å². The molecule has 0 aromatic heterocycles. The third-order valence-electron chi connectivity index (χ3n) is 3.87. The van der Waals surface area contributed by atoms with Crippen LogP contribution in [0.3, 0.4) is 0 Å². The summed E-state index contributed by atoms with van der Waals surface area (Å²) in [5.41, 5.74) is 1.31. The molecule has 4 heteroatoms. The number of hydrogen-bond acceptors (Lipinski definition) is 2. The van der Waals surface area contributed by atoms with E-state index in [1.165, 1.54) is 36.9 Å². The highest BCUT2D eigenvalue weighted by atomic mass is 28.4. The molecular formula is C17H32O2Si2. The summed E-state index contributed by atoms with van der Waals surface area (Å²) in [6.45, 7) is 11.7. The molecule has 2 nitrogen and oxygen atoms in total. The fraction of sp³-hybridized carbons (Fsp3) is 0.647. The fourth-order valence-electron chi connectivity index (χ4n) is 2.83. The van der Waals surface area contributed by atoms with E-state index >= 15 is 0 Å². The lowest BCUT2D eigenvalue weighted by atomic mass is 10.1. The Hall–Kier alpha value is -0.586. The molecule has 0 spiro atoms. The number of unbranched alkanes of at least 4 members (excludes halogenated alkanes) is 1. The van der Waals surface area contributed by atoms with Gasteiger partial charge in [0.25, 0.3) is 0 Å². The van der Waals surface area contributed by atoms with E-state index in [9.17, 15) is 5.11 Å². The Bertz CT molecular complexity index is 413. The molecule has 1 N–H and O–H groups in total. The maximum absolute atomic E-state index is 9.30. The van der Waals surface area contributed by atoms with Crippen LogP contribution in [-0.2, 0) is 10.5 Å². The Labute approximate surface area is 132 Å². The molecule has 120 valence electrons. The quantitative estimate of drug-likeness (QED) is 0.603. The lowest BCUT2D eigenvalue weighted by molar-refractivity contribution is 0.475. The van der Waals surface area contributed by atoms with Crippen LogP contribution in [0.1, 0.15) is 31.7 Å². The lowest BCUT2D eigenvalue weighted by Crippen LogP contribution is -2.44. The molecule has 0 amide bonds. The van der Waals surface area contributed by atoms with Gasteiger partial charge >= 0.3 is 0 Å². The van der Waals surface area contributed by atoms with Crippen molar-refractivity contribution in [3.05, 3.63) is 29.8 Å². The van der Waals surface area contributed by atoms with E-state index in [0.717, 1.165) is 6.42 Å². The van der Waals surface area contributed by atoms with Crippen LogP contribution in [0.15, 0.2) is 24.3 Å². The minimum Gasteiger partial charge on any atom is -0.508 e. The first kappa shape index (κ1) is 18.5. The highest BCUT2D eigenvalue weighted by Gasteiger charge is 2.31. The summed E-state index contributed by atoms with van der Waals surface area (Å²) in [7, 11) is -3.01. The standard InChI is InChI=1S/C17H32O2Si2/c1-6-7-14-20(2,3)19-21(4,5)15-8-9-16-10-12-17(18)13-11-16/h10-13,18H,6-9,14-15H2,1-5H3. The number of phenolic OH excluding ortho intramolecular Hbond substituents is 1. The van der Waals surface area contributed by atoms with Crippen LogP contribution in [-0.4, -0.2) is 21.7 Å². The van der Waals surface area contributed by atoms with Crippen molar-refractivity contribution in [3.8, 4) is 5.75 Å². The molecule has 0 aliphatic carbocycles. The van der Waals surface area contributed by atoms with Gasteiger partial charge in [0, 0.05) is 0 Å². The van der Waals surface area contributed by atoms with Gasteiger partial charge in [-0.2, -0.15) is 0 Å². The summed E-state index contributed by atoms with van der Waals surface area (Å²) in [4.78, 5) is 0. The smallest absolute Gasteiger partial charge is 0.173 e. The Morgan fingerprint density at radius 1 is 0.905 bits per heavy atom. The monoisotopic (exact) mass is 324 g/mol. The largest absolute Gasteiger partial charge is 0.508 e. The van der Waals surface area contributed by atoms with Gasteiger partial charge in [-0.25, -0.2) is 0 Å². The van der Waals surface area contributed by atoms with Crippen molar-refractivity contribution in [3.63, 3.8) is 0 Å². The molecule has 0 radical (unpaired) electrons. The van der Waals surface area contributed by atoms with E-state index in [1.54, 1.807) is 12.1 Å². The van der Waals surface area contributed by atoms with Gasteiger partial charge in [-0.1, -0.05) is 31.9 Å². The second-order valence-corrected chi connectivity index (χ2v) is 16.1. The minimum absolute atomic E-state index is 0.348. The topological polar surface area (TPSA) is 29.5 Å². The summed E-state index contributed by atoms with van der Waals surface area (Å²) in [6, 6.07) is 10.1. The number of hydrogen-bond donors (Lipinski definition) is 1. The molecule has 0 saturated carbocycles. The van der Waals surface area contributed by atoms with Gasteiger partial charge < -0.3 is 9.22 Å². The van der Waals surface area contributed by atoms with Gasteiger partial charge in [0.2, 0.25) is 0 Å². The van der Waals surface area contributed by atoms with Crippen LogP contribution < -0.4 is 0 Å². The van der Waals surface area contributed by atoms with E-state index in [0.29, 0.717) is 5.75 Å². The zero-order valence-electron chi connectivity index (χ0n) is 14.4. The first-order valence-corrected chi connectivity index (χ1v) is 14.5. The first-order chi connectivity index (χ1) is 9.74. The van der Waals surface area contributed by atoms with E-state index < -0.39 is 16.6 Å². The van der Waals surface area contributed by atoms with E-state index in [1.807, 2.05) is 12.1 Å². The molecule has 0 aliphatic heterocycles. The zero-order chi connectivity index (χ0) is 15.9. The van der Waals surface area contributed by atoms with Crippen LogP contribution in [0, 0.1) is 0 Å². The van der Waals surface area contributed by atoms with E-state index in [4.69, 9.17) is 4.12 Å². The second kappa shape index (κ2) is 8.15. The molecular weight excluding hydrogens is 292 g/mol. The van der Waals surface area contributed by atoms with Crippen molar-refractivity contribution in [2.24, 2.45) is 0 Å². The molecule has 1 rings (SSSR count). The van der Waals surface area contributed by atoms with Crippen molar-refractivity contribution in [2.75, 3.05) is 0 Å². The molecule has 0 heterocycles. The highest BCUT2D eigenvalue weighted by molar-refractivity contribution is 6.84. The number of phenols is 1. The third-order valence-corrected chi connectivity index (χ3v) is 11.4. The predicted molar refractivity (Wildman–Crippen MR) is 97.0 cm³/mol. The fourth-order valence-corrected chi connectivity index (χ4v) is 11.9. The van der Waals surface area contributed by atoms with E-state index in [-0.39, 0.29) is 0 Å². The maximum Gasteiger partial charge on any atom is 0.173 e. The van der Waals surface area contributed by atoms with Crippen molar-refractivity contribution in [1.29, 1.82) is 0 Å². The molecule has 21 heavy (non-hydrogen) atoms. The molecule has 0 atom stereocenters. The Kier molecular flexibility index (Phi) is 7.17. The summed E-state index contributed by atoms with van der Waals surface area (Å²) in [5.74, 6) is 0.348. The molecule has 0 fully saturated rings. The summed E-state index contributed by atoms with van der Waals surface area (Å²) in [6.07, 6.45) is 4.83. The number of rotatable bonds is 9. The van der Waals surface area contributed by atoms with Crippen LogP contribution >= 0.6 is 0 Å². The lowest BCUT2D eigenvalue weighted by Gasteiger charge is -2.34. The molecule has 1 aromatic carbocycles. The summed E-state index contributed by atoms with van der Waals surface area (Å²) in [5, 5.41) is 9.30. The van der Waals surface area contributed by atoms with Crippen molar-refractivity contribution >= 4 is 16.6 Å². The van der Waals surface area contributed by atoms with Gasteiger partial charge in [0.1, 0.15) is 5.75 Å². The highest BCUT2D eigenvalue weighted by Crippen LogP contribution is 2.25.